The molecular formula is C17H15IN2O6. The second-order valence-electron chi connectivity index (χ2n) is 5.13. The van der Waals surface area contributed by atoms with Crippen LogP contribution in [0.1, 0.15) is 26.3 Å². The number of nitro benzene ring substituents is 1. The lowest BCUT2D eigenvalue weighted by Crippen LogP contribution is -2.24. The summed E-state index contributed by atoms with van der Waals surface area (Å²) >= 11 is 1.94. The van der Waals surface area contributed by atoms with E-state index in [-0.39, 0.29) is 23.4 Å². The second-order valence-corrected chi connectivity index (χ2v) is 6.29. The number of ether oxygens (including phenoxy) is 2. The van der Waals surface area contributed by atoms with Crippen LogP contribution in [0.5, 0.6) is 5.75 Å². The molecule has 0 unspecified atom stereocenters. The fourth-order valence-corrected chi connectivity index (χ4v) is 2.79. The molecule has 0 radical (unpaired) electrons. The third-order valence-electron chi connectivity index (χ3n) is 3.53. The fraction of sp³-hybridized carbons (Fsp3) is 0.176. The molecule has 2 rings (SSSR count). The minimum Gasteiger partial charge on any atom is -0.496 e. The molecule has 26 heavy (non-hydrogen) atoms. The first kappa shape index (κ1) is 19.6. The van der Waals surface area contributed by atoms with Crippen molar-refractivity contribution < 1.29 is 24.0 Å². The lowest BCUT2D eigenvalue weighted by atomic mass is 10.1. The van der Waals surface area contributed by atoms with E-state index in [0.29, 0.717) is 14.9 Å². The standard InChI is InChI=1S/C17H15IN2O6/c1-25-15-6-3-10(7-13(15)17(22)26-2)9-19-16(21)12-8-11(20(23)24)4-5-14(12)18/h3-8H,9H2,1-2H3,(H,19,21). The highest BCUT2D eigenvalue weighted by Crippen LogP contribution is 2.22. The van der Waals surface area contributed by atoms with Crippen LogP contribution in [0.2, 0.25) is 0 Å². The van der Waals surface area contributed by atoms with E-state index in [0.717, 1.165) is 0 Å². The van der Waals surface area contributed by atoms with Gasteiger partial charge < -0.3 is 14.8 Å². The zero-order valence-electron chi connectivity index (χ0n) is 13.9. The lowest BCUT2D eigenvalue weighted by Gasteiger charge is -2.11. The van der Waals surface area contributed by atoms with Gasteiger partial charge in [-0.05, 0) is 46.4 Å². The van der Waals surface area contributed by atoms with E-state index in [1.54, 1.807) is 18.2 Å². The minimum atomic E-state index is -0.557. The van der Waals surface area contributed by atoms with Crippen molar-refractivity contribution in [3.05, 3.63) is 66.8 Å². The van der Waals surface area contributed by atoms with Crippen LogP contribution in [0.3, 0.4) is 0 Å². The Labute approximate surface area is 162 Å². The van der Waals surface area contributed by atoms with Crippen molar-refractivity contribution in [2.45, 2.75) is 6.54 Å². The molecule has 0 aliphatic rings. The number of carbonyl (C=O) groups is 2. The zero-order valence-corrected chi connectivity index (χ0v) is 16.1. The first-order valence-electron chi connectivity index (χ1n) is 7.34. The Morgan fingerprint density at radius 1 is 1.15 bits per heavy atom. The molecule has 0 fully saturated rings. The van der Waals surface area contributed by atoms with Crippen LogP contribution in [-0.2, 0) is 11.3 Å². The molecule has 2 aromatic carbocycles. The van der Waals surface area contributed by atoms with Crippen molar-refractivity contribution in [3.8, 4) is 5.75 Å². The van der Waals surface area contributed by atoms with Crippen LogP contribution >= 0.6 is 22.6 Å². The van der Waals surface area contributed by atoms with E-state index in [2.05, 4.69) is 5.32 Å². The number of nitrogens with zero attached hydrogens (tertiary/aromatic N) is 1. The van der Waals surface area contributed by atoms with Crippen molar-refractivity contribution in [2.24, 2.45) is 0 Å². The molecule has 0 atom stereocenters. The predicted octanol–water partition coefficient (Wildman–Crippen LogP) is 2.92. The van der Waals surface area contributed by atoms with E-state index in [1.807, 2.05) is 22.6 Å². The molecule has 9 heteroatoms. The third kappa shape index (κ3) is 4.48. The molecule has 1 N–H and O–H groups in total. The van der Waals surface area contributed by atoms with Gasteiger partial charge in [0.05, 0.1) is 24.7 Å². The van der Waals surface area contributed by atoms with Gasteiger partial charge in [0.25, 0.3) is 11.6 Å². The number of amides is 1. The number of nitro groups is 1. The first-order valence-corrected chi connectivity index (χ1v) is 8.42. The van der Waals surface area contributed by atoms with Gasteiger partial charge in [0.2, 0.25) is 0 Å². The van der Waals surface area contributed by atoms with E-state index in [4.69, 9.17) is 9.47 Å². The largest absolute Gasteiger partial charge is 0.496 e. The maximum Gasteiger partial charge on any atom is 0.341 e. The Hall–Kier alpha value is -2.69. The van der Waals surface area contributed by atoms with Crippen LogP contribution < -0.4 is 10.1 Å². The summed E-state index contributed by atoms with van der Waals surface area (Å²) in [5.74, 6) is -0.642. The summed E-state index contributed by atoms with van der Waals surface area (Å²) in [5.41, 5.74) is 0.946. The van der Waals surface area contributed by atoms with Crippen LogP contribution in [0.25, 0.3) is 0 Å². The second kappa shape index (κ2) is 8.61. The van der Waals surface area contributed by atoms with E-state index in [9.17, 15) is 19.7 Å². The number of carbonyl (C=O) groups excluding carboxylic acids is 2. The van der Waals surface area contributed by atoms with Crippen LogP contribution in [0.4, 0.5) is 5.69 Å². The van der Waals surface area contributed by atoms with Gasteiger partial charge in [-0.2, -0.15) is 0 Å². The van der Waals surface area contributed by atoms with Gasteiger partial charge >= 0.3 is 5.97 Å². The van der Waals surface area contributed by atoms with E-state index in [1.165, 1.54) is 32.4 Å². The maximum atomic E-state index is 12.4. The zero-order chi connectivity index (χ0) is 19.3. The normalized spacial score (nSPS) is 10.1. The van der Waals surface area contributed by atoms with Crippen molar-refractivity contribution in [2.75, 3.05) is 14.2 Å². The summed E-state index contributed by atoms with van der Waals surface area (Å²) in [7, 11) is 2.70. The number of nitrogens with one attached hydrogen (secondary N) is 1. The molecular weight excluding hydrogens is 455 g/mol. The number of benzene rings is 2. The van der Waals surface area contributed by atoms with Gasteiger partial charge in [-0.25, -0.2) is 4.79 Å². The van der Waals surface area contributed by atoms with Crippen molar-refractivity contribution in [1.29, 1.82) is 0 Å². The van der Waals surface area contributed by atoms with Gasteiger partial charge in [-0.3, -0.25) is 14.9 Å². The number of hydrogen-bond acceptors (Lipinski definition) is 6. The van der Waals surface area contributed by atoms with E-state index >= 15 is 0 Å². The Balaban J connectivity index is 2.18. The summed E-state index contributed by atoms with van der Waals surface area (Å²) in [4.78, 5) is 34.5. The summed E-state index contributed by atoms with van der Waals surface area (Å²) in [5, 5.41) is 13.6. The number of methoxy groups -OCH3 is 2. The monoisotopic (exact) mass is 470 g/mol. The molecule has 8 nitrogen and oxygen atoms in total. The third-order valence-corrected chi connectivity index (χ3v) is 4.47. The average molecular weight is 470 g/mol. The molecule has 0 saturated heterocycles. The van der Waals surface area contributed by atoms with Crippen molar-refractivity contribution in [1.82, 2.24) is 5.32 Å². The fourth-order valence-electron chi connectivity index (χ4n) is 2.21. The SMILES string of the molecule is COC(=O)c1cc(CNC(=O)c2cc([N+](=O)[O-])ccc2I)ccc1OC. The summed E-state index contributed by atoms with van der Waals surface area (Å²) in [6.07, 6.45) is 0. The number of hydrogen-bond donors (Lipinski definition) is 1. The highest BCUT2D eigenvalue weighted by atomic mass is 127. The smallest absolute Gasteiger partial charge is 0.341 e. The Morgan fingerprint density at radius 2 is 1.88 bits per heavy atom. The first-order chi connectivity index (χ1) is 12.4. The number of esters is 1. The molecule has 0 saturated carbocycles. The molecule has 1 amide bonds. The Kier molecular flexibility index (Phi) is 6.50. The predicted molar refractivity (Wildman–Crippen MR) is 101 cm³/mol. The Morgan fingerprint density at radius 3 is 2.50 bits per heavy atom. The van der Waals surface area contributed by atoms with Gasteiger partial charge in [-0.1, -0.05) is 6.07 Å². The number of non-ortho nitro benzene ring substituents is 1. The number of halogens is 1. The molecule has 136 valence electrons. The number of rotatable bonds is 6. The van der Waals surface area contributed by atoms with E-state index < -0.39 is 16.8 Å². The van der Waals surface area contributed by atoms with Crippen LogP contribution in [0.15, 0.2) is 36.4 Å². The highest BCUT2D eigenvalue weighted by Gasteiger charge is 2.17. The van der Waals surface area contributed by atoms with Gasteiger partial charge in [0.1, 0.15) is 11.3 Å². The summed E-state index contributed by atoms with van der Waals surface area (Å²) < 4.78 is 10.4. The van der Waals surface area contributed by atoms with Gasteiger partial charge in [0.15, 0.2) is 0 Å². The highest BCUT2D eigenvalue weighted by molar-refractivity contribution is 14.1. The van der Waals surface area contributed by atoms with Crippen molar-refractivity contribution >= 4 is 40.2 Å². The van der Waals surface area contributed by atoms with Gasteiger partial charge in [-0.15, -0.1) is 0 Å². The molecule has 0 aliphatic carbocycles. The van der Waals surface area contributed by atoms with Crippen LogP contribution in [0, 0.1) is 13.7 Å². The maximum absolute atomic E-state index is 12.4. The van der Waals surface area contributed by atoms with Crippen molar-refractivity contribution in [3.63, 3.8) is 0 Å². The topological polar surface area (TPSA) is 108 Å². The molecule has 0 spiro atoms. The quantitative estimate of drug-likeness (QED) is 0.301. The average Bonchev–Trinajstić information content (AvgIpc) is 2.65. The Bertz CT molecular complexity index is 868. The minimum absolute atomic E-state index is 0.131. The molecule has 0 heterocycles. The molecule has 0 aliphatic heterocycles. The molecule has 0 bridgehead atoms. The molecule has 0 aromatic heterocycles. The molecule has 2 aromatic rings. The van der Waals surface area contributed by atoms with Gasteiger partial charge in [0, 0.05) is 22.2 Å². The lowest BCUT2D eigenvalue weighted by molar-refractivity contribution is -0.384. The summed E-state index contributed by atoms with van der Waals surface area (Å²) in [6, 6.07) is 8.93. The summed E-state index contributed by atoms with van der Waals surface area (Å²) in [6.45, 7) is 0.131. The van der Waals surface area contributed by atoms with Crippen LogP contribution in [-0.4, -0.2) is 31.0 Å².